The first-order valence-electron chi connectivity index (χ1n) is 5.16. The van der Waals surface area contributed by atoms with Crippen molar-refractivity contribution < 1.29 is 71.7 Å². The van der Waals surface area contributed by atoms with Crippen molar-refractivity contribution in [2.45, 2.75) is 12.2 Å². The second-order valence-corrected chi connectivity index (χ2v) is 3.36. The van der Waals surface area contributed by atoms with Crippen molar-refractivity contribution in [1.29, 1.82) is 0 Å². The Balaban J connectivity index is 0.00000289. The molecular formula is C9H16O8Y. The predicted molar refractivity (Wildman–Crippen MR) is 52.4 cm³/mol. The average Bonchev–Trinajstić information content (AvgIpc) is 2.74. The zero-order chi connectivity index (χ0) is 12.5. The van der Waals surface area contributed by atoms with Gasteiger partial charge >= 0.3 is 6.16 Å². The normalized spacial score (nSPS) is 19.9. The maximum atomic E-state index is 10.5. The summed E-state index contributed by atoms with van der Waals surface area (Å²) in [6.07, 6.45) is -1.80. The molecule has 0 bridgehead atoms. The third kappa shape index (κ3) is 7.57. The first-order valence-corrected chi connectivity index (χ1v) is 5.16. The van der Waals surface area contributed by atoms with Gasteiger partial charge in [-0.05, 0) is 0 Å². The van der Waals surface area contributed by atoms with Gasteiger partial charge in [0.05, 0.1) is 33.0 Å². The predicted octanol–water partition coefficient (Wildman–Crippen LogP) is -0.597. The van der Waals surface area contributed by atoms with Crippen LogP contribution in [0.25, 0.3) is 0 Å². The average molecular weight is 341 g/mol. The molecule has 1 radical (unpaired) electrons. The van der Waals surface area contributed by atoms with Gasteiger partial charge in [-0.25, -0.2) is 9.68 Å². The molecular weight excluding hydrogens is 325 g/mol. The summed E-state index contributed by atoms with van der Waals surface area (Å²) in [7, 11) is 0. The van der Waals surface area contributed by atoms with E-state index in [0.717, 1.165) is 0 Å². The standard InChI is InChI=1S/C9H16O8.Y/c10-3-7(17-12)4-13-1-2-14-5-8-6-15-9(11)16-8;/h7-8,10,12H,1-6H2;. The van der Waals surface area contributed by atoms with Crippen LogP contribution in [-0.4, -0.2) is 68.4 Å². The molecule has 103 valence electrons. The van der Waals surface area contributed by atoms with Crippen molar-refractivity contribution >= 4 is 6.16 Å². The molecule has 1 saturated heterocycles. The molecule has 1 fully saturated rings. The summed E-state index contributed by atoms with van der Waals surface area (Å²) >= 11 is 0. The Morgan fingerprint density at radius 1 is 1.39 bits per heavy atom. The SMILES string of the molecule is O=C1OCC(COCCOCC(CO)OO)O1.[Y]. The molecule has 0 saturated carbocycles. The van der Waals surface area contributed by atoms with Crippen LogP contribution < -0.4 is 0 Å². The van der Waals surface area contributed by atoms with E-state index >= 15 is 0 Å². The zero-order valence-corrected chi connectivity index (χ0v) is 12.7. The van der Waals surface area contributed by atoms with E-state index in [1.54, 1.807) is 0 Å². The van der Waals surface area contributed by atoms with Gasteiger partial charge in [0.15, 0.2) is 6.10 Å². The number of hydrogen-bond acceptors (Lipinski definition) is 8. The van der Waals surface area contributed by atoms with Gasteiger partial charge < -0.3 is 24.1 Å². The Hall–Kier alpha value is 0.174. The summed E-state index contributed by atoms with van der Waals surface area (Å²) in [6, 6.07) is 0. The Kier molecular flexibility index (Phi) is 11.1. The third-order valence-corrected chi connectivity index (χ3v) is 1.98. The number of aliphatic hydroxyl groups is 1. The fraction of sp³-hybridized carbons (Fsp3) is 0.889. The summed E-state index contributed by atoms with van der Waals surface area (Å²) in [5.74, 6) is 0. The number of rotatable bonds is 9. The molecule has 0 spiro atoms. The van der Waals surface area contributed by atoms with E-state index in [9.17, 15) is 4.79 Å². The van der Waals surface area contributed by atoms with Crippen molar-refractivity contribution in [3.05, 3.63) is 0 Å². The summed E-state index contributed by atoms with van der Waals surface area (Å²) < 4.78 is 19.5. The molecule has 1 heterocycles. The minimum Gasteiger partial charge on any atom is -0.430 e. The van der Waals surface area contributed by atoms with E-state index in [-0.39, 0.29) is 71.8 Å². The molecule has 1 rings (SSSR count). The Morgan fingerprint density at radius 2 is 2.11 bits per heavy atom. The first kappa shape index (κ1) is 18.2. The third-order valence-electron chi connectivity index (χ3n) is 1.98. The van der Waals surface area contributed by atoms with Crippen LogP contribution in [0.15, 0.2) is 0 Å². The van der Waals surface area contributed by atoms with E-state index in [4.69, 9.17) is 24.6 Å². The number of ether oxygens (including phenoxy) is 4. The van der Waals surface area contributed by atoms with Gasteiger partial charge in [0, 0.05) is 32.7 Å². The summed E-state index contributed by atoms with van der Waals surface area (Å²) in [6.45, 7) is 0.767. The maximum Gasteiger partial charge on any atom is 0.508 e. The van der Waals surface area contributed by atoms with Crippen LogP contribution in [0, 0.1) is 0 Å². The van der Waals surface area contributed by atoms with E-state index in [0.29, 0.717) is 6.61 Å². The van der Waals surface area contributed by atoms with E-state index in [1.165, 1.54) is 0 Å². The minimum absolute atomic E-state index is 0. The van der Waals surface area contributed by atoms with Crippen LogP contribution in [-0.2, 0) is 56.5 Å². The van der Waals surface area contributed by atoms with E-state index in [2.05, 4.69) is 9.62 Å². The van der Waals surface area contributed by atoms with Crippen LogP contribution in [0.4, 0.5) is 4.79 Å². The van der Waals surface area contributed by atoms with E-state index < -0.39 is 12.3 Å². The molecule has 8 nitrogen and oxygen atoms in total. The fourth-order valence-corrected chi connectivity index (χ4v) is 1.11. The van der Waals surface area contributed by atoms with Crippen LogP contribution in [0.2, 0.25) is 0 Å². The van der Waals surface area contributed by atoms with Crippen molar-refractivity contribution in [1.82, 2.24) is 0 Å². The number of aliphatic hydroxyl groups excluding tert-OH is 1. The van der Waals surface area contributed by atoms with Gasteiger partial charge in [0.1, 0.15) is 12.7 Å². The molecule has 0 aromatic heterocycles. The van der Waals surface area contributed by atoms with Gasteiger partial charge in [0.25, 0.3) is 0 Å². The second kappa shape index (κ2) is 11.0. The maximum absolute atomic E-state index is 10.5. The van der Waals surface area contributed by atoms with Crippen molar-refractivity contribution in [3.63, 3.8) is 0 Å². The first-order chi connectivity index (χ1) is 8.26. The monoisotopic (exact) mass is 341 g/mol. The largest absolute Gasteiger partial charge is 0.508 e. The van der Waals surface area contributed by atoms with Gasteiger partial charge in [-0.15, -0.1) is 0 Å². The fourth-order valence-electron chi connectivity index (χ4n) is 1.11. The Morgan fingerprint density at radius 3 is 2.67 bits per heavy atom. The number of hydrogen-bond donors (Lipinski definition) is 2. The van der Waals surface area contributed by atoms with Crippen molar-refractivity contribution in [3.8, 4) is 0 Å². The van der Waals surface area contributed by atoms with E-state index in [1.807, 2.05) is 0 Å². The summed E-state index contributed by atoms with van der Waals surface area (Å²) in [4.78, 5) is 14.5. The molecule has 1 aliphatic rings. The molecule has 2 N–H and O–H groups in total. The smallest absolute Gasteiger partial charge is 0.430 e. The Bertz CT molecular complexity index is 223. The quantitative estimate of drug-likeness (QED) is 0.248. The van der Waals surface area contributed by atoms with Crippen LogP contribution >= 0.6 is 0 Å². The van der Waals surface area contributed by atoms with Crippen LogP contribution in [0.3, 0.4) is 0 Å². The summed E-state index contributed by atoms with van der Waals surface area (Å²) in [5.41, 5.74) is 0. The van der Waals surface area contributed by atoms with Gasteiger partial charge in [-0.1, -0.05) is 0 Å². The molecule has 0 aliphatic carbocycles. The van der Waals surface area contributed by atoms with Crippen molar-refractivity contribution in [2.24, 2.45) is 0 Å². The molecule has 2 unspecified atom stereocenters. The van der Waals surface area contributed by atoms with Crippen molar-refractivity contribution in [2.75, 3.05) is 39.6 Å². The number of cyclic esters (lactones) is 2. The Labute approximate surface area is 129 Å². The van der Waals surface area contributed by atoms with Gasteiger partial charge in [-0.3, -0.25) is 5.26 Å². The topological polar surface area (TPSA) is 104 Å². The molecule has 0 aromatic carbocycles. The van der Waals surface area contributed by atoms with Gasteiger partial charge in [-0.2, -0.15) is 0 Å². The molecule has 9 heteroatoms. The van der Waals surface area contributed by atoms with Crippen LogP contribution in [0.5, 0.6) is 0 Å². The molecule has 2 atom stereocenters. The molecule has 18 heavy (non-hydrogen) atoms. The molecule has 0 amide bonds. The van der Waals surface area contributed by atoms with Gasteiger partial charge in [0.2, 0.25) is 0 Å². The molecule has 0 aromatic rings. The minimum atomic E-state index is -0.751. The second-order valence-electron chi connectivity index (χ2n) is 3.36. The number of carbonyl (C=O) groups is 1. The zero-order valence-electron chi connectivity index (χ0n) is 9.82. The molecule has 1 aliphatic heterocycles. The van der Waals surface area contributed by atoms with Crippen LogP contribution in [0.1, 0.15) is 0 Å². The summed E-state index contributed by atoms with van der Waals surface area (Å²) in [5, 5.41) is 16.9. The number of carbonyl (C=O) groups excluding carboxylic acids is 1.